The van der Waals surface area contributed by atoms with Gasteiger partial charge in [-0.1, -0.05) is 78.9 Å². The highest BCUT2D eigenvalue weighted by molar-refractivity contribution is 7.26. The Labute approximate surface area is 204 Å². The van der Waals surface area contributed by atoms with Gasteiger partial charge in [0.15, 0.2) is 0 Å². The Morgan fingerprint density at radius 1 is 0.629 bits per heavy atom. The highest BCUT2D eigenvalue weighted by Gasteiger charge is 2.20. The quantitative estimate of drug-likeness (QED) is 0.243. The molecule has 0 N–H and O–H groups in total. The van der Waals surface area contributed by atoms with E-state index < -0.39 is 0 Å². The standard InChI is InChI=1S/C31H19N3S/c1-18-20-8-2-5-11-25(20)33-31(32-18)34-26-12-6-3-9-21(26)23-16-14-19-15-17-24-22-10-4-7-13-27(22)35-30(24)28(19)29(23)34/h2-17H,1H3. The number of thiophene rings is 1. The lowest BCUT2D eigenvalue weighted by Crippen LogP contribution is -2.03. The van der Waals surface area contributed by atoms with Crippen molar-refractivity contribution in [1.82, 2.24) is 14.5 Å². The van der Waals surface area contributed by atoms with Crippen molar-refractivity contribution in [3.63, 3.8) is 0 Å². The van der Waals surface area contributed by atoms with Crippen LogP contribution in [0.4, 0.5) is 0 Å². The molecular formula is C31H19N3S. The minimum absolute atomic E-state index is 0.720. The van der Waals surface area contributed by atoms with Crippen LogP contribution in [-0.4, -0.2) is 14.5 Å². The van der Waals surface area contributed by atoms with Crippen LogP contribution in [0.1, 0.15) is 5.69 Å². The smallest absolute Gasteiger partial charge is 0.235 e. The van der Waals surface area contributed by atoms with Crippen LogP contribution in [0.3, 0.4) is 0 Å². The van der Waals surface area contributed by atoms with E-state index in [4.69, 9.17) is 9.97 Å². The van der Waals surface area contributed by atoms with Gasteiger partial charge >= 0.3 is 0 Å². The summed E-state index contributed by atoms with van der Waals surface area (Å²) in [4.78, 5) is 10.1. The first-order chi connectivity index (χ1) is 17.3. The SMILES string of the molecule is Cc1nc(-n2c3ccccc3c3ccc4ccc5c6ccccc6sc5c4c32)nc2ccccc12. The van der Waals surface area contributed by atoms with Gasteiger partial charge in [0.1, 0.15) is 0 Å². The predicted octanol–water partition coefficient (Wildman–Crippen LogP) is 8.56. The summed E-state index contributed by atoms with van der Waals surface area (Å²) in [6, 6.07) is 34.6. The number of hydrogen-bond acceptors (Lipinski definition) is 3. The average molecular weight is 466 g/mol. The van der Waals surface area contributed by atoms with Crippen LogP contribution in [-0.2, 0) is 0 Å². The van der Waals surface area contributed by atoms with Crippen molar-refractivity contribution in [3.8, 4) is 5.95 Å². The van der Waals surface area contributed by atoms with Crippen LogP contribution in [0, 0.1) is 6.92 Å². The Kier molecular flexibility index (Phi) is 3.75. The fourth-order valence-corrected chi connectivity index (χ4v) is 6.83. The van der Waals surface area contributed by atoms with E-state index in [9.17, 15) is 0 Å². The van der Waals surface area contributed by atoms with Gasteiger partial charge in [-0.25, -0.2) is 9.97 Å². The van der Waals surface area contributed by atoms with Crippen LogP contribution in [0.15, 0.2) is 97.1 Å². The van der Waals surface area contributed by atoms with E-state index in [1.54, 1.807) is 0 Å². The zero-order valence-electron chi connectivity index (χ0n) is 19.0. The molecule has 0 radical (unpaired) electrons. The Morgan fingerprint density at radius 2 is 1.34 bits per heavy atom. The zero-order chi connectivity index (χ0) is 23.1. The number of para-hydroxylation sites is 2. The van der Waals surface area contributed by atoms with Crippen LogP contribution in [0.25, 0.3) is 69.6 Å². The molecule has 0 aliphatic heterocycles. The first-order valence-corrected chi connectivity index (χ1v) is 12.6. The van der Waals surface area contributed by atoms with E-state index in [0.717, 1.165) is 28.1 Å². The van der Waals surface area contributed by atoms with Crippen LogP contribution < -0.4 is 0 Å². The molecular weight excluding hydrogens is 446 g/mol. The van der Waals surface area contributed by atoms with Crippen molar-refractivity contribution in [3.05, 3.63) is 103 Å². The first kappa shape index (κ1) is 19.1. The van der Waals surface area contributed by atoms with Gasteiger partial charge in [-0.15, -0.1) is 11.3 Å². The molecule has 0 spiro atoms. The summed E-state index contributed by atoms with van der Waals surface area (Å²) >= 11 is 1.87. The van der Waals surface area contributed by atoms with Crippen molar-refractivity contribution in [1.29, 1.82) is 0 Å². The lowest BCUT2D eigenvalue weighted by molar-refractivity contribution is 0.991. The Balaban J connectivity index is 1.64. The monoisotopic (exact) mass is 465 g/mol. The number of aryl methyl sites for hydroxylation is 1. The zero-order valence-corrected chi connectivity index (χ0v) is 19.8. The van der Waals surface area contributed by atoms with Gasteiger partial charge in [0.25, 0.3) is 0 Å². The molecule has 0 saturated heterocycles. The van der Waals surface area contributed by atoms with Crippen molar-refractivity contribution in [2.45, 2.75) is 6.92 Å². The number of hydrogen-bond donors (Lipinski definition) is 0. The molecule has 8 aromatic rings. The van der Waals surface area contributed by atoms with E-state index in [-0.39, 0.29) is 0 Å². The molecule has 0 fully saturated rings. The van der Waals surface area contributed by atoms with Gasteiger partial charge in [-0.2, -0.15) is 0 Å². The van der Waals surface area contributed by atoms with Crippen molar-refractivity contribution >= 4 is 75.0 Å². The van der Waals surface area contributed by atoms with Gasteiger partial charge in [-0.3, -0.25) is 4.57 Å². The van der Waals surface area contributed by atoms with Gasteiger partial charge in [0, 0.05) is 41.7 Å². The Hall–Kier alpha value is -4.28. The molecule has 0 saturated carbocycles. The van der Waals surface area contributed by atoms with Crippen LogP contribution >= 0.6 is 11.3 Å². The molecule has 164 valence electrons. The normalized spacial score (nSPS) is 12.1. The topological polar surface area (TPSA) is 30.7 Å². The fourth-order valence-electron chi connectivity index (χ4n) is 5.57. The summed E-state index contributed by atoms with van der Waals surface area (Å²) in [6.45, 7) is 2.07. The molecule has 0 aliphatic rings. The predicted molar refractivity (Wildman–Crippen MR) is 149 cm³/mol. The van der Waals surface area contributed by atoms with Crippen LogP contribution in [0.5, 0.6) is 0 Å². The molecule has 8 rings (SSSR count). The van der Waals surface area contributed by atoms with Crippen molar-refractivity contribution in [2.75, 3.05) is 0 Å². The molecule has 3 nitrogen and oxygen atoms in total. The summed E-state index contributed by atoms with van der Waals surface area (Å²) in [6.07, 6.45) is 0. The fraction of sp³-hybridized carbons (Fsp3) is 0.0323. The average Bonchev–Trinajstić information content (AvgIpc) is 3.44. The molecule has 0 atom stereocenters. The third-order valence-electron chi connectivity index (χ3n) is 7.14. The first-order valence-electron chi connectivity index (χ1n) is 11.8. The van der Waals surface area contributed by atoms with E-state index in [1.165, 1.54) is 47.2 Å². The van der Waals surface area contributed by atoms with E-state index in [0.29, 0.717) is 0 Å². The van der Waals surface area contributed by atoms with Gasteiger partial charge in [0.05, 0.1) is 22.2 Å². The van der Waals surface area contributed by atoms with Gasteiger partial charge in [-0.05, 0) is 30.5 Å². The molecule has 5 aromatic carbocycles. The molecule has 0 bridgehead atoms. The largest absolute Gasteiger partial charge is 0.277 e. The maximum Gasteiger partial charge on any atom is 0.235 e. The highest BCUT2D eigenvalue weighted by atomic mass is 32.1. The third kappa shape index (κ3) is 2.55. The second-order valence-electron chi connectivity index (χ2n) is 9.08. The van der Waals surface area contributed by atoms with Crippen molar-refractivity contribution in [2.24, 2.45) is 0 Å². The molecule has 3 heterocycles. The number of nitrogens with zero attached hydrogens (tertiary/aromatic N) is 3. The molecule has 0 amide bonds. The van der Waals surface area contributed by atoms with Gasteiger partial charge in [0.2, 0.25) is 5.95 Å². The molecule has 0 aliphatic carbocycles. The minimum Gasteiger partial charge on any atom is -0.277 e. The maximum absolute atomic E-state index is 5.06. The number of rotatable bonds is 1. The van der Waals surface area contributed by atoms with Crippen molar-refractivity contribution < 1.29 is 0 Å². The third-order valence-corrected chi connectivity index (χ3v) is 8.35. The van der Waals surface area contributed by atoms with Crippen LogP contribution in [0.2, 0.25) is 0 Å². The lowest BCUT2D eigenvalue weighted by atomic mass is 10.0. The van der Waals surface area contributed by atoms with E-state index >= 15 is 0 Å². The second-order valence-corrected chi connectivity index (χ2v) is 10.1. The minimum atomic E-state index is 0.720. The number of benzene rings is 5. The van der Waals surface area contributed by atoms with E-state index in [2.05, 4.69) is 96.4 Å². The number of fused-ring (bicyclic) bond motifs is 10. The molecule has 3 aromatic heterocycles. The maximum atomic E-state index is 5.06. The molecule has 35 heavy (non-hydrogen) atoms. The summed E-state index contributed by atoms with van der Waals surface area (Å²) in [5, 5.41) is 8.66. The molecule has 4 heteroatoms. The summed E-state index contributed by atoms with van der Waals surface area (Å²) in [7, 11) is 0. The summed E-state index contributed by atoms with van der Waals surface area (Å²) in [5.41, 5.74) is 4.26. The summed E-state index contributed by atoms with van der Waals surface area (Å²) < 4.78 is 4.90. The van der Waals surface area contributed by atoms with E-state index in [1.807, 2.05) is 23.5 Å². The van der Waals surface area contributed by atoms with Gasteiger partial charge < -0.3 is 0 Å². The highest BCUT2D eigenvalue weighted by Crippen LogP contribution is 2.43. The number of aromatic nitrogens is 3. The second kappa shape index (κ2) is 6.87. The Morgan fingerprint density at radius 3 is 2.23 bits per heavy atom. The summed E-state index contributed by atoms with van der Waals surface area (Å²) in [5.74, 6) is 0.720. The Bertz CT molecular complexity index is 2130. The lowest BCUT2D eigenvalue weighted by Gasteiger charge is -2.11. The molecule has 0 unspecified atom stereocenters.